The number of pyridine rings is 1. The summed E-state index contributed by atoms with van der Waals surface area (Å²) < 4.78 is 16.6. The second-order valence-corrected chi connectivity index (χ2v) is 10.2. The molecule has 1 atom stereocenters. The highest BCUT2D eigenvalue weighted by molar-refractivity contribution is 8.19. The van der Waals surface area contributed by atoms with Crippen molar-refractivity contribution in [2.45, 2.75) is 20.1 Å². The fourth-order valence-corrected chi connectivity index (χ4v) is 5.13. The van der Waals surface area contributed by atoms with Crippen LogP contribution in [0.15, 0.2) is 101 Å². The highest BCUT2D eigenvalue weighted by Crippen LogP contribution is 2.38. The molecule has 5 rings (SSSR count). The van der Waals surface area contributed by atoms with Gasteiger partial charge in [0, 0.05) is 6.20 Å². The first kappa shape index (κ1) is 27.8. The molecule has 1 aliphatic heterocycles. The van der Waals surface area contributed by atoms with E-state index in [2.05, 4.69) is 10.3 Å². The van der Waals surface area contributed by atoms with Crippen LogP contribution < -0.4 is 24.4 Å². The van der Waals surface area contributed by atoms with Crippen LogP contribution >= 0.6 is 11.8 Å². The third-order valence-corrected chi connectivity index (χ3v) is 7.24. The van der Waals surface area contributed by atoms with Crippen molar-refractivity contribution in [3.63, 3.8) is 0 Å². The number of hydrogen-bond donors (Lipinski definition) is 1. The summed E-state index contributed by atoms with van der Waals surface area (Å²) in [6, 6.07) is 26.2. The molecule has 0 spiro atoms. The van der Waals surface area contributed by atoms with Gasteiger partial charge in [0.1, 0.15) is 23.1 Å². The minimum atomic E-state index is -0.283. The first-order valence-electron chi connectivity index (χ1n) is 13.0. The van der Waals surface area contributed by atoms with E-state index >= 15 is 0 Å². The van der Waals surface area contributed by atoms with E-state index in [0.717, 1.165) is 22.7 Å². The quantitative estimate of drug-likeness (QED) is 0.172. The fraction of sp³-hybridized carbons (Fsp3) is 0.156. The topological polar surface area (TPSA) is 85.3 Å². The maximum atomic E-state index is 13.6. The van der Waals surface area contributed by atoms with E-state index in [9.17, 15) is 4.79 Å². The van der Waals surface area contributed by atoms with E-state index in [1.165, 1.54) is 11.8 Å². The Kier molecular flexibility index (Phi) is 8.55. The number of nitrogens with zero attached hydrogens (tertiary/aromatic N) is 3. The molecular weight excluding hydrogens is 536 g/mol. The van der Waals surface area contributed by atoms with E-state index in [1.54, 1.807) is 25.3 Å². The number of carbonyl (C=O) groups is 1. The molecule has 3 aromatic carbocycles. The van der Waals surface area contributed by atoms with Gasteiger partial charge in [-0.2, -0.15) is 0 Å². The normalized spacial score (nSPS) is 15.7. The number of nitrogens with one attached hydrogen (secondary N) is 1. The van der Waals surface area contributed by atoms with Gasteiger partial charge in [0.2, 0.25) is 0 Å². The molecule has 9 heteroatoms. The fourth-order valence-electron chi connectivity index (χ4n) is 4.13. The summed E-state index contributed by atoms with van der Waals surface area (Å²) in [5, 5.41) is 3.83. The van der Waals surface area contributed by atoms with E-state index in [0.29, 0.717) is 32.9 Å². The molecule has 8 nitrogen and oxygen atoms in total. The molecule has 1 fully saturated rings. The number of rotatable bonds is 9. The molecule has 0 aliphatic carbocycles. The van der Waals surface area contributed by atoms with E-state index in [1.807, 2.05) is 105 Å². The Morgan fingerprint density at radius 1 is 0.902 bits per heavy atom. The standard InChI is InChI=1S/C32H30N4O4S/c1-21-6-5-19-33-30(21)34-22(2)40-28-13-7-23(8-14-28)20-29-31(37)36(25-11-17-27(39-4)18-12-25)32(41-29)35-24-9-15-26(38-3)16-10-24/h5-20,22H,1-4H3,(H,33,34)/b29-20-,35-32?. The number of methoxy groups -OCH3 is 2. The maximum Gasteiger partial charge on any atom is 0.271 e. The largest absolute Gasteiger partial charge is 0.497 e. The SMILES string of the molecule is COc1ccc(N=C2S/C(=C\c3ccc(OC(C)Nc4ncccc4C)cc3)C(=O)N2c2ccc(OC)cc2)cc1. The van der Waals surface area contributed by atoms with Crippen LogP contribution in [-0.4, -0.2) is 36.5 Å². The van der Waals surface area contributed by atoms with Gasteiger partial charge in [-0.15, -0.1) is 0 Å². The molecule has 1 saturated heterocycles. The number of aromatic nitrogens is 1. The Hall–Kier alpha value is -4.76. The first-order valence-corrected chi connectivity index (χ1v) is 13.8. The van der Waals surface area contributed by atoms with Gasteiger partial charge in [-0.3, -0.25) is 9.69 Å². The third-order valence-electron chi connectivity index (χ3n) is 6.27. The lowest BCUT2D eigenvalue weighted by Crippen LogP contribution is -2.28. The Morgan fingerprint density at radius 3 is 2.17 bits per heavy atom. The van der Waals surface area contributed by atoms with E-state index in [4.69, 9.17) is 19.2 Å². The van der Waals surface area contributed by atoms with E-state index in [-0.39, 0.29) is 12.1 Å². The van der Waals surface area contributed by atoms with Crippen molar-refractivity contribution in [3.8, 4) is 17.2 Å². The number of ether oxygens (including phenoxy) is 3. The molecule has 41 heavy (non-hydrogen) atoms. The van der Waals surface area contributed by atoms with Gasteiger partial charge in [-0.1, -0.05) is 18.2 Å². The van der Waals surface area contributed by atoms with Crippen molar-refractivity contribution in [3.05, 3.63) is 107 Å². The van der Waals surface area contributed by atoms with Crippen molar-refractivity contribution in [2.24, 2.45) is 4.99 Å². The summed E-state index contributed by atoms with van der Waals surface area (Å²) in [6.07, 6.45) is 3.33. The predicted molar refractivity (Wildman–Crippen MR) is 165 cm³/mol. The molecule has 1 amide bonds. The number of thioether (sulfide) groups is 1. The second kappa shape index (κ2) is 12.6. The van der Waals surface area contributed by atoms with Gasteiger partial charge >= 0.3 is 0 Å². The zero-order chi connectivity index (χ0) is 28.8. The smallest absolute Gasteiger partial charge is 0.271 e. The minimum absolute atomic E-state index is 0.156. The Bertz CT molecular complexity index is 1570. The molecular formula is C32H30N4O4S. The number of benzene rings is 3. The molecule has 4 aromatic rings. The molecule has 208 valence electrons. The zero-order valence-corrected chi connectivity index (χ0v) is 24.0. The van der Waals surface area contributed by atoms with Gasteiger partial charge < -0.3 is 19.5 Å². The van der Waals surface area contributed by atoms with Crippen LogP contribution in [-0.2, 0) is 4.79 Å². The monoisotopic (exact) mass is 566 g/mol. The van der Waals surface area contributed by atoms with Gasteiger partial charge in [0.05, 0.1) is 30.5 Å². The molecule has 1 aliphatic rings. The van der Waals surface area contributed by atoms with Crippen LogP contribution in [0.5, 0.6) is 17.2 Å². The van der Waals surface area contributed by atoms with E-state index < -0.39 is 0 Å². The number of amides is 1. The van der Waals surface area contributed by atoms with Crippen LogP contribution in [0, 0.1) is 6.92 Å². The summed E-state index contributed by atoms with van der Waals surface area (Å²) in [4.78, 5) is 25.0. The van der Waals surface area contributed by atoms with Crippen molar-refractivity contribution < 1.29 is 19.0 Å². The summed E-state index contributed by atoms with van der Waals surface area (Å²) in [6.45, 7) is 3.92. The predicted octanol–water partition coefficient (Wildman–Crippen LogP) is 7.05. The van der Waals surface area contributed by atoms with Crippen LogP contribution in [0.4, 0.5) is 17.2 Å². The molecule has 1 unspecified atom stereocenters. The molecule has 1 aromatic heterocycles. The first-order chi connectivity index (χ1) is 19.9. The van der Waals surface area contributed by atoms with Gasteiger partial charge in [0.15, 0.2) is 11.4 Å². The number of anilines is 2. The van der Waals surface area contributed by atoms with Crippen molar-refractivity contribution >= 4 is 46.1 Å². The maximum absolute atomic E-state index is 13.6. The number of amidine groups is 1. The van der Waals surface area contributed by atoms with Crippen LogP contribution in [0.25, 0.3) is 6.08 Å². The number of aryl methyl sites for hydroxylation is 1. The number of carbonyl (C=O) groups excluding carboxylic acids is 1. The van der Waals surface area contributed by atoms with Crippen molar-refractivity contribution in [2.75, 3.05) is 24.4 Å². The van der Waals surface area contributed by atoms with Gasteiger partial charge in [-0.25, -0.2) is 9.98 Å². The van der Waals surface area contributed by atoms with Crippen molar-refractivity contribution in [1.82, 2.24) is 4.98 Å². The average molecular weight is 567 g/mol. The highest BCUT2D eigenvalue weighted by atomic mass is 32.2. The lowest BCUT2D eigenvalue weighted by Gasteiger charge is -2.18. The van der Waals surface area contributed by atoms with Crippen LogP contribution in [0.2, 0.25) is 0 Å². The lowest BCUT2D eigenvalue weighted by molar-refractivity contribution is -0.113. The van der Waals surface area contributed by atoms with Gasteiger partial charge in [0.25, 0.3) is 5.91 Å². The summed E-state index contributed by atoms with van der Waals surface area (Å²) in [5.41, 5.74) is 3.33. The summed E-state index contributed by atoms with van der Waals surface area (Å²) >= 11 is 1.33. The van der Waals surface area contributed by atoms with Crippen molar-refractivity contribution in [1.29, 1.82) is 0 Å². The summed E-state index contributed by atoms with van der Waals surface area (Å²) in [7, 11) is 3.23. The molecule has 0 bridgehead atoms. The highest BCUT2D eigenvalue weighted by Gasteiger charge is 2.34. The molecule has 1 N–H and O–H groups in total. The average Bonchev–Trinajstić information content (AvgIpc) is 3.29. The van der Waals surface area contributed by atoms with Crippen LogP contribution in [0.3, 0.4) is 0 Å². The lowest BCUT2D eigenvalue weighted by atomic mass is 10.2. The Morgan fingerprint density at radius 2 is 1.54 bits per heavy atom. The van der Waals surface area contributed by atoms with Crippen LogP contribution in [0.1, 0.15) is 18.1 Å². The second-order valence-electron chi connectivity index (χ2n) is 9.18. The number of aliphatic imine (C=N–C) groups is 1. The minimum Gasteiger partial charge on any atom is -0.497 e. The Labute approximate surface area is 243 Å². The molecule has 2 heterocycles. The summed E-state index contributed by atoms with van der Waals surface area (Å²) in [5.74, 6) is 2.77. The molecule has 0 saturated carbocycles. The number of hydrogen-bond acceptors (Lipinski definition) is 8. The van der Waals surface area contributed by atoms with Gasteiger partial charge in [-0.05, 0) is 110 Å². The third kappa shape index (κ3) is 6.70. The Balaban J connectivity index is 1.36. The molecule has 0 radical (unpaired) electrons. The zero-order valence-electron chi connectivity index (χ0n) is 23.2.